The highest BCUT2D eigenvalue weighted by Crippen LogP contribution is 1.68. The summed E-state index contributed by atoms with van der Waals surface area (Å²) >= 11 is 0. The van der Waals surface area contributed by atoms with Crippen molar-refractivity contribution in [1.29, 1.82) is 0 Å². The molecule has 0 aromatic rings. The summed E-state index contributed by atoms with van der Waals surface area (Å²) < 4.78 is 0. The molecule has 0 atom stereocenters. The fraction of sp³-hybridized carbons (Fsp3) is 0.750. The third kappa shape index (κ3) is 7.31. The SMILES string of the molecule is NCCONOCC(=O)O. The summed E-state index contributed by atoms with van der Waals surface area (Å²) in [6.07, 6.45) is 0. The van der Waals surface area contributed by atoms with Gasteiger partial charge in [-0.15, -0.1) is 0 Å². The van der Waals surface area contributed by atoms with Crippen molar-refractivity contribution in [2.24, 2.45) is 5.73 Å². The van der Waals surface area contributed by atoms with E-state index in [0.717, 1.165) is 0 Å². The molecule has 4 N–H and O–H groups in total. The average molecular weight is 150 g/mol. The van der Waals surface area contributed by atoms with Gasteiger partial charge in [0, 0.05) is 6.54 Å². The molecule has 0 bridgehead atoms. The number of rotatable bonds is 6. The first kappa shape index (κ1) is 9.31. The predicted molar refractivity (Wildman–Crippen MR) is 31.7 cm³/mol. The van der Waals surface area contributed by atoms with Crippen LogP contribution in [0.3, 0.4) is 0 Å². The fourth-order valence-electron chi connectivity index (χ4n) is 0.233. The molecule has 0 aliphatic heterocycles. The summed E-state index contributed by atoms with van der Waals surface area (Å²) in [6, 6.07) is 0. The van der Waals surface area contributed by atoms with Gasteiger partial charge in [-0.25, -0.2) is 4.79 Å². The lowest BCUT2D eigenvalue weighted by molar-refractivity contribution is -0.183. The molecule has 0 spiro atoms. The maximum atomic E-state index is 9.79. The molecule has 0 radical (unpaired) electrons. The Hall–Kier alpha value is -0.690. The molecule has 6 heteroatoms. The lowest BCUT2D eigenvalue weighted by atomic mass is 10.8. The molecule has 0 heterocycles. The van der Waals surface area contributed by atoms with Gasteiger partial charge < -0.3 is 10.8 Å². The molecule has 60 valence electrons. The van der Waals surface area contributed by atoms with E-state index in [-0.39, 0.29) is 6.61 Å². The van der Waals surface area contributed by atoms with Crippen molar-refractivity contribution >= 4 is 5.97 Å². The third-order valence-corrected chi connectivity index (χ3v) is 0.533. The van der Waals surface area contributed by atoms with Gasteiger partial charge in [-0.05, 0) is 0 Å². The van der Waals surface area contributed by atoms with Gasteiger partial charge in [0.15, 0.2) is 6.61 Å². The molecule has 0 rings (SSSR count). The van der Waals surface area contributed by atoms with Crippen molar-refractivity contribution in [2.75, 3.05) is 19.8 Å². The van der Waals surface area contributed by atoms with Crippen LogP contribution in [0.1, 0.15) is 0 Å². The lowest BCUT2D eigenvalue weighted by Gasteiger charge is -2.01. The van der Waals surface area contributed by atoms with E-state index in [1.165, 1.54) is 0 Å². The number of hydrogen-bond acceptors (Lipinski definition) is 5. The Morgan fingerprint density at radius 3 is 2.80 bits per heavy atom. The Morgan fingerprint density at radius 2 is 2.30 bits per heavy atom. The number of nitrogens with one attached hydrogen (secondary N) is 1. The summed E-state index contributed by atoms with van der Waals surface area (Å²) in [5, 5.41) is 8.02. The second-order valence-electron chi connectivity index (χ2n) is 1.40. The van der Waals surface area contributed by atoms with Crippen LogP contribution < -0.4 is 11.4 Å². The summed E-state index contributed by atoms with van der Waals surface area (Å²) in [6.45, 7) is 0.188. The Kier molecular flexibility index (Phi) is 5.99. The zero-order valence-corrected chi connectivity index (χ0v) is 5.37. The van der Waals surface area contributed by atoms with Gasteiger partial charge in [0.25, 0.3) is 0 Å². The Morgan fingerprint density at radius 1 is 1.60 bits per heavy atom. The first-order valence-corrected chi connectivity index (χ1v) is 2.68. The van der Waals surface area contributed by atoms with Crippen LogP contribution in [0.5, 0.6) is 0 Å². The fourth-order valence-corrected chi connectivity index (χ4v) is 0.233. The van der Waals surface area contributed by atoms with Crippen LogP contribution in [0.25, 0.3) is 0 Å². The van der Waals surface area contributed by atoms with Gasteiger partial charge in [0.05, 0.1) is 6.61 Å². The maximum absolute atomic E-state index is 9.79. The van der Waals surface area contributed by atoms with Crippen molar-refractivity contribution in [3.05, 3.63) is 0 Å². The van der Waals surface area contributed by atoms with Crippen molar-refractivity contribution in [1.82, 2.24) is 5.64 Å². The topological polar surface area (TPSA) is 93.8 Å². The summed E-state index contributed by atoms with van der Waals surface area (Å²) in [5.74, 6) is -1.07. The largest absolute Gasteiger partial charge is 0.479 e. The minimum atomic E-state index is -1.07. The number of aliphatic carboxylic acids is 1. The van der Waals surface area contributed by atoms with Gasteiger partial charge in [0.1, 0.15) is 0 Å². The van der Waals surface area contributed by atoms with E-state index in [2.05, 4.69) is 9.68 Å². The monoisotopic (exact) mass is 150 g/mol. The van der Waals surface area contributed by atoms with Crippen molar-refractivity contribution < 1.29 is 19.6 Å². The first-order valence-electron chi connectivity index (χ1n) is 2.68. The molecular formula is C4H10N2O4. The smallest absolute Gasteiger partial charge is 0.331 e. The Labute approximate surface area is 57.8 Å². The van der Waals surface area contributed by atoms with Gasteiger partial charge in [0.2, 0.25) is 0 Å². The van der Waals surface area contributed by atoms with Gasteiger partial charge in [-0.2, -0.15) is 0 Å². The number of nitrogens with two attached hydrogens (primary N) is 1. The standard InChI is InChI=1S/C4H10N2O4/c5-1-2-9-6-10-3-4(7)8/h6H,1-3,5H2,(H,7,8). The van der Waals surface area contributed by atoms with Gasteiger partial charge in [-0.3, -0.25) is 9.68 Å². The first-order chi connectivity index (χ1) is 4.77. The molecule has 6 nitrogen and oxygen atoms in total. The van der Waals surface area contributed by atoms with Crippen LogP contribution in [-0.4, -0.2) is 30.8 Å². The normalized spacial score (nSPS) is 9.70. The summed E-state index contributed by atoms with van der Waals surface area (Å²) in [5.41, 5.74) is 6.99. The van der Waals surface area contributed by atoms with Gasteiger partial charge >= 0.3 is 5.97 Å². The predicted octanol–water partition coefficient (Wildman–Crippen LogP) is -1.52. The zero-order chi connectivity index (χ0) is 7.82. The van der Waals surface area contributed by atoms with Crippen molar-refractivity contribution in [3.63, 3.8) is 0 Å². The number of carboxylic acid groups (broad SMARTS) is 1. The van der Waals surface area contributed by atoms with Crippen LogP contribution in [-0.2, 0) is 14.5 Å². The van der Waals surface area contributed by atoms with Crippen LogP contribution in [0.2, 0.25) is 0 Å². The highest BCUT2D eigenvalue weighted by Gasteiger charge is 1.93. The molecule has 0 fully saturated rings. The molecule has 0 amide bonds. The van der Waals surface area contributed by atoms with Crippen LogP contribution in [0.15, 0.2) is 0 Å². The van der Waals surface area contributed by atoms with Crippen LogP contribution in [0.4, 0.5) is 0 Å². The molecule has 10 heavy (non-hydrogen) atoms. The quantitative estimate of drug-likeness (QED) is 0.314. The second-order valence-corrected chi connectivity index (χ2v) is 1.40. The van der Waals surface area contributed by atoms with Crippen molar-refractivity contribution in [2.45, 2.75) is 0 Å². The summed E-state index contributed by atoms with van der Waals surface area (Å²) in [7, 11) is 0. The third-order valence-electron chi connectivity index (χ3n) is 0.533. The highest BCUT2D eigenvalue weighted by molar-refractivity contribution is 5.67. The molecule has 0 saturated heterocycles. The van der Waals surface area contributed by atoms with E-state index in [1.807, 2.05) is 5.64 Å². The number of hydrogen-bond donors (Lipinski definition) is 3. The number of carbonyl (C=O) groups is 1. The molecule has 0 unspecified atom stereocenters. The minimum absolute atomic E-state index is 0.277. The maximum Gasteiger partial charge on any atom is 0.331 e. The highest BCUT2D eigenvalue weighted by atomic mass is 16.9. The molecular weight excluding hydrogens is 140 g/mol. The zero-order valence-electron chi connectivity index (χ0n) is 5.37. The van der Waals surface area contributed by atoms with E-state index < -0.39 is 12.6 Å². The van der Waals surface area contributed by atoms with Crippen LogP contribution >= 0.6 is 0 Å². The lowest BCUT2D eigenvalue weighted by Crippen LogP contribution is -2.23. The second kappa shape index (κ2) is 6.43. The molecule has 0 aliphatic carbocycles. The van der Waals surface area contributed by atoms with E-state index in [1.54, 1.807) is 0 Å². The van der Waals surface area contributed by atoms with E-state index in [9.17, 15) is 4.79 Å². The summed E-state index contributed by atoms with van der Waals surface area (Å²) in [4.78, 5) is 18.5. The molecule has 0 aromatic carbocycles. The van der Waals surface area contributed by atoms with E-state index >= 15 is 0 Å². The Balaban J connectivity index is 2.84. The van der Waals surface area contributed by atoms with Gasteiger partial charge in [-0.1, -0.05) is 5.64 Å². The van der Waals surface area contributed by atoms with E-state index in [0.29, 0.717) is 6.54 Å². The number of carboxylic acids is 1. The Bertz CT molecular complexity index is 97.3. The van der Waals surface area contributed by atoms with Crippen LogP contribution in [0, 0.1) is 0 Å². The molecule has 0 saturated carbocycles. The molecule has 0 aromatic heterocycles. The van der Waals surface area contributed by atoms with Crippen molar-refractivity contribution in [3.8, 4) is 0 Å². The van der Waals surface area contributed by atoms with E-state index in [4.69, 9.17) is 10.8 Å². The molecule has 0 aliphatic rings. The average Bonchev–Trinajstić information content (AvgIpc) is 1.87. The minimum Gasteiger partial charge on any atom is -0.479 e.